The lowest BCUT2D eigenvalue weighted by molar-refractivity contribution is 0.0526. The lowest BCUT2D eigenvalue weighted by atomic mass is 10.1. The highest BCUT2D eigenvalue weighted by Crippen LogP contribution is 2.19. The maximum absolute atomic E-state index is 11.6. The van der Waals surface area contributed by atoms with Gasteiger partial charge in [0, 0.05) is 19.3 Å². The van der Waals surface area contributed by atoms with Crippen LogP contribution in [-0.4, -0.2) is 43.7 Å². The average molecular weight is 277 g/mol. The molecule has 0 bridgehead atoms. The van der Waals surface area contributed by atoms with Crippen molar-refractivity contribution in [2.75, 3.05) is 31.6 Å². The molecular formula is C15H23N3O2. The molecule has 1 aromatic rings. The lowest BCUT2D eigenvalue weighted by Gasteiger charge is -2.28. The molecule has 5 heteroatoms. The zero-order valence-corrected chi connectivity index (χ0v) is 12.3. The molecular weight excluding hydrogens is 254 g/mol. The second-order valence-corrected chi connectivity index (χ2v) is 5.07. The molecule has 0 amide bonds. The van der Waals surface area contributed by atoms with Gasteiger partial charge in [-0.2, -0.15) is 0 Å². The van der Waals surface area contributed by atoms with Gasteiger partial charge >= 0.3 is 5.97 Å². The molecule has 1 aliphatic heterocycles. The van der Waals surface area contributed by atoms with Gasteiger partial charge in [0.15, 0.2) is 0 Å². The van der Waals surface area contributed by atoms with Crippen molar-refractivity contribution in [2.24, 2.45) is 0 Å². The third-order valence-corrected chi connectivity index (χ3v) is 3.71. The van der Waals surface area contributed by atoms with E-state index in [0.717, 1.165) is 25.3 Å². The Morgan fingerprint density at radius 3 is 3.00 bits per heavy atom. The van der Waals surface area contributed by atoms with E-state index >= 15 is 0 Å². The highest BCUT2D eigenvalue weighted by atomic mass is 16.5. The van der Waals surface area contributed by atoms with E-state index in [0.29, 0.717) is 18.2 Å². The number of nitrogens with zero attached hydrogens (tertiary/aromatic N) is 2. The van der Waals surface area contributed by atoms with Crippen molar-refractivity contribution in [3.8, 4) is 0 Å². The summed E-state index contributed by atoms with van der Waals surface area (Å²) in [6, 6.07) is 4.18. The van der Waals surface area contributed by atoms with Crippen LogP contribution in [0.2, 0.25) is 0 Å². The molecule has 1 fully saturated rings. The van der Waals surface area contributed by atoms with Crippen LogP contribution in [0.3, 0.4) is 0 Å². The van der Waals surface area contributed by atoms with E-state index in [1.807, 2.05) is 6.07 Å². The Labute approximate surface area is 120 Å². The summed E-state index contributed by atoms with van der Waals surface area (Å²) in [6.07, 6.45) is 5.08. The van der Waals surface area contributed by atoms with Gasteiger partial charge in [0.2, 0.25) is 0 Å². The number of rotatable bonds is 4. The summed E-state index contributed by atoms with van der Waals surface area (Å²) in [5.41, 5.74) is 0.506. The van der Waals surface area contributed by atoms with Crippen LogP contribution in [0.25, 0.3) is 0 Å². The predicted molar refractivity (Wildman–Crippen MR) is 79.1 cm³/mol. The molecule has 1 N–H and O–H groups in total. The van der Waals surface area contributed by atoms with Crippen LogP contribution in [0.5, 0.6) is 0 Å². The Morgan fingerprint density at radius 2 is 2.30 bits per heavy atom. The second kappa shape index (κ2) is 7.24. The summed E-state index contributed by atoms with van der Waals surface area (Å²) in [7, 11) is 2.07. The number of aromatic nitrogens is 1. The molecule has 0 aromatic carbocycles. The zero-order valence-electron chi connectivity index (χ0n) is 12.3. The molecule has 0 spiro atoms. The van der Waals surface area contributed by atoms with Gasteiger partial charge in [-0.25, -0.2) is 9.78 Å². The van der Waals surface area contributed by atoms with Crippen LogP contribution in [0.1, 0.15) is 36.5 Å². The van der Waals surface area contributed by atoms with Gasteiger partial charge in [-0.15, -0.1) is 0 Å². The Morgan fingerprint density at radius 1 is 1.45 bits per heavy atom. The minimum absolute atomic E-state index is 0.312. The normalized spacial score (nSPS) is 19.2. The summed E-state index contributed by atoms with van der Waals surface area (Å²) in [6.45, 7) is 4.33. The van der Waals surface area contributed by atoms with Crippen LogP contribution in [0.4, 0.5) is 5.82 Å². The van der Waals surface area contributed by atoms with Crippen LogP contribution in [0.15, 0.2) is 18.3 Å². The van der Waals surface area contributed by atoms with Gasteiger partial charge in [0.05, 0.1) is 12.2 Å². The number of anilines is 1. The van der Waals surface area contributed by atoms with E-state index in [1.165, 1.54) is 12.8 Å². The zero-order chi connectivity index (χ0) is 14.4. The molecule has 1 atom stereocenters. The minimum atomic E-state index is -0.312. The summed E-state index contributed by atoms with van der Waals surface area (Å²) < 4.78 is 4.96. The van der Waals surface area contributed by atoms with Crippen molar-refractivity contribution in [1.29, 1.82) is 0 Å². The first-order chi connectivity index (χ1) is 9.72. The summed E-state index contributed by atoms with van der Waals surface area (Å²) in [5.74, 6) is 0.595. The fourth-order valence-electron chi connectivity index (χ4n) is 2.50. The highest BCUT2D eigenvalue weighted by Gasteiger charge is 2.18. The van der Waals surface area contributed by atoms with Crippen molar-refractivity contribution in [2.45, 2.75) is 32.2 Å². The maximum atomic E-state index is 11.6. The van der Waals surface area contributed by atoms with Crippen LogP contribution < -0.4 is 10.2 Å². The molecule has 5 nitrogen and oxygen atoms in total. The van der Waals surface area contributed by atoms with E-state index in [2.05, 4.69) is 22.2 Å². The SMILES string of the molecule is CCOC(=O)c1ccc(N(C)C2CCCNCC2)nc1. The number of hydrogen-bond donors (Lipinski definition) is 1. The molecule has 20 heavy (non-hydrogen) atoms. The number of carbonyl (C=O) groups excluding carboxylic acids is 1. The average Bonchev–Trinajstić information content (AvgIpc) is 2.76. The van der Waals surface area contributed by atoms with Crippen molar-refractivity contribution in [3.05, 3.63) is 23.9 Å². The van der Waals surface area contributed by atoms with Gasteiger partial charge in [0.1, 0.15) is 5.82 Å². The molecule has 110 valence electrons. The standard InChI is InChI=1S/C15H23N3O2/c1-3-20-15(19)12-6-7-14(17-11-12)18(2)13-5-4-9-16-10-8-13/h6-7,11,13,16H,3-5,8-10H2,1-2H3. The molecule has 0 saturated carbocycles. The molecule has 2 rings (SSSR count). The van der Waals surface area contributed by atoms with E-state index in [-0.39, 0.29) is 5.97 Å². The minimum Gasteiger partial charge on any atom is -0.462 e. The van der Waals surface area contributed by atoms with Gasteiger partial charge < -0.3 is 15.0 Å². The van der Waals surface area contributed by atoms with Gasteiger partial charge in [-0.3, -0.25) is 0 Å². The molecule has 0 radical (unpaired) electrons. The number of esters is 1. The number of ether oxygens (including phenoxy) is 1. The molecule has 1 unspecified atom stereocenters. The summed E-state index contributed by atoms with van der Waals surface area (Å²) in [4.78, 5) is 18.2. The van der Waals surface area contributed by atoms with Gasteiger partial charge in [0.25, 0.3) is 0 Å². The summed E-state index contributed by atoms with van der Waals surface area (Å²) >= 11 is 0. The van der Waals surface area contributed by atoms with Crippen LogP contribution in [0, 0.1) is 0 Å². The number of pyridine rings is 1. The van der Waals surface area contributed by atoms with Crippen molar-refractivity contribution in [3.63, 3.8) is 0 Å². The first-order valence-corrected chi connectivity index (χ1v) is 7.29. The van der Waals surface area contributed by atoms with Gasteiger partial charge in [-0.05, 0) is 51.4 Å². The monoisotopic (exact) mass is 277 g/mol. The van der Waals surface area contributed by atoms with Crippen LogP contribution in [-0.2, 0) is 4.74 Å². The number of hydrogen-bond acceptors (Lipinski definition) is 5. The van der Waals surface area contributed by atoms with E-state index in [1.54, 1.807) is 19.2 Å². The molecule has 2 heterocycles. The Hall–Kier alpha value is -1.62. The van der Waals surface area contributed by atoms with Crippen molar-refractivity contribution >= 4 is 11.8 Å². The smallest absolute Gasteiger partial charge is 0.339 e. The topological polar surface area (TPSA) is 54.5 Å². The molecule has 1 aromatic heterocycles. The fraction of sp³-hybridized carbons (Fsp3) is 0.600. The van der Waals surface area contributed by atoms with E-state index in [4.69, 9.17) is 4.74 Å². The third kappa shape index (κ3) is 3.70. The van der Waals surface area contributed by atoms with E-state index < -0.39 is 0 Å². The maximum Gasteiger partial charge on any atom is 0.339 e. The number of nitrogens with one attached hydrogen (secondary N) is 1. The van der Waals surface area contributed by atoms with Crippen molar-refractivity contribution < 1.29 is 9.53 Å². The first kappa shape index (κ1) is 14.8. The largest absolute Gasteiger partial charge is 0.462 e. The van der Waals surface area contributed by atoms with Crippen molar-refractivity contribution in [1.82, 2.24) is 10.3 Å². The second-order valence-electron chi connectivity index (χ2n) is 5.07. The Kier molecular flexibility index (Phi) is 5.35. The third-order valence-electron chi connectivity index (χ3n) is 3.71. The lowest BCUT2D eigenvalue weighted by Crippen LogP contribution is -2.33. The molecule has 1 aliphatic rings. The first-order valence-electron chi connectivity index (χ1n) is 7.29. The van der Waals surface area contributed by atoms with Gasteiger partial charge in [-0.1, -0.05) is 0 Å². The van der Waals surface area contributed by atoms with E-state index in [9.17, 15) is 4.79 Å². The number of carbonyl (C=O) groups is 1. The molecule has 1 saturated heterocycles. The highest BCUT2D eigenvalue weighted by molar-refractivity contribution is 5.89. The Bertz CT molecular complexity index is 425. The molecule has 0 aliphatic carbocycles. The predicted octanol–water partition coefficient (Wildman–Crippen LogP) is 1.84. The quantitative estimate of drug-likeness (QED) is 0.851. The summed E-state index contributed by atoms with van der Waals surface area (Å²) in [5, 5.41) is 3.41. The Balaban J connectivity index is 2.02. The fourth-order valence-corrected chi connectivity index (χ4v) is 2.50. The van der Waals surface area contributed by atoms with Crippen LogP contribution >= 0.6 is 0 Å².